The minimum Gasteiger partial charge on any atom is -0.395 e. The molecule has 0 aromatic rings. The van der Waals surface area contributed by atoms with E-state index in [2.05, 4.69) is 10.9 Å². The Morgan fingerprint density at radius 2 is 2.56 bits per heavy atom. The summed E-state index contributed by atoms with van der Waals surface area (Å²) in [4.78, 5) is 10.5. The van der Waals surface area contributed by atoms with Crippen molar-refractivity contribution in [2.75, 3.05) is 6.61 Å². The highest BCUT2D eigenvalue weighted by Crippen LogP contribution is 1.99. The van der Waals surface area contributed by atoms with Crippen molar-refractivity contribution in [3.8, 4) is 0 Å². The molecule has 0 radical (unpaired) electrons. The van der Waals surface area contributed by atoms with Crippen LogP contribution >= 0.6 is 0 Å². The SMILES string of the molecule is O=C1CCC(CO)NN1. The van der Waals surface area contributed by atoms with Crippen molar-refractivity contribution in [2.45, 2.75) is 18.9 Å². The number of hydrogen-bond donors (Lipinski definition) is 3. The molecule has 1 rings (SSSR count). The Balaban J connectivity index is 2.26. The molecule has 0 aromatic heterocycles. The van der Waals surface area contributed by atoms with E-state index in [-0.39, 0.29) is 18.6 Å². The third-order valence-electron chi connectivity index (χ3n) is 1.36. The molecule has 0 bridgehead atoms. The fourth-order valence-corrected chi connectivity index (χ4v) is 0.759. The molecule has 1 fully saturated rings. The highest BCUT2D eigenvalue weighted by molar-refractivity contribution is 5.76. The molecule has 52 valence electrons. The van der Waals surface area contributed by atoms with Gasteiger partial charge in [0.2, 0.25) is 5.91 Å². The number of rotatable bonds is 1. The van der Waals surface area contributed by atoms with Crippen LogP contribution in [0.2, 0.25) is 0 Å². The Morgan fingerprint density at radius 1 is 1.78 bits per heavy atom. The van der Waals surface area contributed by atoms with Gasteiger partial charge in [0.15, 0.2) is 0 Å². The molecule has 1 aliphatic heterocycles. The van der Waals surface area contributed by atoms with Crippen molar-refractivity contribution in [2.24, 2.45) is 0 Å². The number of hydrazine groups is 1. The lowest BCUT2D eigenvalue weighted by Crippen LogP contribution is -2.50. The molecule has 0 spiro atoms. The molecular formula is C5H10N2O2. The van der Waals surface area contributed by atoms with Crippen LogP contribution in [0.5, 0.6) is 0 Å². The number of aliphatic hydroxyl groups excluding tert-OH is 1. The zero-order valence-corrected chi connectivity index (χ0v) is 5.05. The van der Waals surface area contributed by atoms with E-state index in [0.29, 0.717) is 6.42 Å². The first-order chi connectivity index (χ1) is 4.33. The summed E-state index contributed by atoms with van der Waals surface area (Å²) in [6.07, 6.45) is 1.24. The zero-order valence-electron chi connectivity index (χ0n) is 5.05. The number of carbonyl (C=O) groups excluding carboxylic acids is 1. The first-order valence-corrected chi connectivity index (χ1v) is 2.98. The Bertz CT molecular complexity index is 106. The van der Waals surface area contributed by atoms with E-state index in [1.54, 1.807) is 0 Å². The topological polar surface area (TPSA) is 61.4 Å². The van der Waals surface area contributed by atoms with E-state index in [1.807, 2.05) is 0 Å². The van der Waals surface area contributed by atoms with Crippen molar-refractivity contribution in [3.05, 3.63) is 0 Å². The summed E-state index contributed by atoms with van der Waals surface area (Å²) >= 11 is 0. The van der Waals surface area contributed by atoms with Gasteiger partial charge in [-0.3, -0.25) is 10.2 Å². The number of nitrogens with one attached hydrogen (secondary N) is 2. The Kier molecular flexibility index (Phi) is 2.02. The van der Waals surface area contributed by atoms with Gasteiger partial charge in [0.05, 0.1) is 6.61 Å². The van der Waals surface area contributed by atoms with Crippen LogP contribution in [0, 0.1) is 0 Å². The van der Waals surface area contributed by atoms with Gasteiger partial charge in [0.1, 0.15) is 0 Å². The summed E-state index contributed by atoms with van der Waals surface area (Å²) < 4.78 is 0. The van der Waals surface area contributed by atoms with Crippen molar-refractivity contribution < 1.29 is 9.90 Å². The normalized spacial score (nSPS) is 27.7. The third kappa shape index (κ3) is 1.65. The van der Waals surface area contributed by atoms with Crippen LogP contribution in [0.4, 0.5) is 0 Å². The summed E-state index contributed by atoms with van der Waals surface area (Å²) in [5, 5.41) is 8.56. The largest absolute Gasteiger partial charge is 0.395 e. The van der Waals surface area contributed by atoms with Crippen LogP contribution in [0.25, 0.3) is 0 Å². The van der Waals surface area contributed by atoms with E-state index in [0.717, 1.165) is 6.42 Å². The standard InChI is InChI=1S/C5H10N2O2/c8-3-4-1-2-5(9)7-6-4/h4,6,8H,1-3H2,(H,7,9). The molecule has 4 nitrogen and oxygen atoms in total. The third-order valence-corrected chi connectivity index (χ3v) is 1.36. The molecule has 1 saturated heterocycles. The minimum atomic E-state index is -0.000278. The van der Waals surface area contributed by atoms with Gasteiger partial charge in [-0.25, -0.2) is 5.43 Å². The second kappa shape index (κ2) is 2.80. The molecular weight excluding hydrogens is 120 g/mol. The molecule has 0 aliphatic carbocycles. The lowest BCUT2D eigenvalue weighted by Gasteiger charge is -2.21. The molecule has 9 heavy (non-hydrogen) atoms. The van der Waals surface area contributed by atoms with Crippen LogP contribution < -0.4 is 10.9 Å². The van der Waals surface area contributed by atoms with Crippen LogP contribution in [0.15, 0.2) is 0 Å². The van der Waals surface area contributed by atoms with Crippen LogP contribution in [-0.4, -0.2) is 23.7 Å². The summed E-state index contributed by atoms with van der Waals surface area (Å²) in [5.74, 6) is -0.000278. The number of carbonyl (C=O) groups is 1. The van der Waals surface area contributed by atoms with E-state index >= 15 is 0 Å². The molecule has 3 N–H and O–H groups in total. The molecule has 0 aromatic carbocycles. The molecule has 1 aliphatic rings. The first kappa shape index (κ1) is 6.51. The van der Waals surface area contributed by atoms with Crippen LogP contribution in [-0.2, 0) is 4.79 Å². The molecule has 1 unspecified atom stereocenters. The van der Waals surface area contributed by atoms with Gasteiger partial charge in [0.25, 0.3) is 0 Å². The van der Waals surface area contributed by atoms with E-state index in [1.165, 1.54) is 0 Å². The average Bonchev–Trinajstić information content (AvgIpc) is 1.90. The van der Waals surface area contributed by atoms with Crippen molar-refractivity contribution in [1.29, 1.82) is 0 Å². The molecule has 0 saturated carbocycles. The number of aliphatic hydroxyl groups is 1. The maximum atomic E-state index is 10.5. The fraction of sp³-hybridized carbons (Fsp3) is 0.800. The number of amides is 1. The van der Waals surface area contributed by atoms with Gasteiger partial charge < -0.3 is 5.11 Å². The lowest BCUT2D eigenvalue weighted by atomic mass is 10.1. The average molecular weight is 130 g/mol. The first-order valence-electron chi connectivity index (χ1n) is 2.98. The van der Waals surface area contributed by atoms with Gasteiger partial charge in [-0.05, 0) is 6.42 Å². The van der Waals surface area contributed by atoms with Gasteiger partial charge in [-0.2, -0.15) is 0 Å². The van der Waals surface area contributed by atoms with Gasteiger partial charge in [0, 0.05) is 12.5 Å². The Hall–Kier alpha value is -0.610. The highest BCUT2D eigenvalue weighted by Gasteiger charge is 2.15. The second-order valence-electron chi connectivity index (χ2n) is 2.11. The minimum absolute atomic E-state index is 0.000278. The van der Waals surface area contributed by atoms with E-state index < -0.39 is 0 Å². The maximum Gasteiger partial charge on any atom is 0.234 e. The predicted molar refractivity (Wildman–Crippen MR) is 31.4 cm³/mol. The summed E-state index contributed by atoms with van der Waals surface area (Å²) in [6.45, 7) is 0.0836. The summed E-state index contributed by atoms with van der Waals surface area (Å²) in [6, 6.07) is 0.0442. The number of hydrogen-bond acceptors (Lipinski definition) is 3. The fourth-order valence-electron chi connectivity index (χ4n) is 0.759. The highest BCUT2D eigenvalue weighted by atomic mass is 16.3. The summed E-state index contributed by atoms with van der Waals surface area (Å²) in [7, 11) is 0. The smallest absolute Gasteiger partial charge is 0.234 e. The van der Waals surface area contributed by atoms with E-state index in [9.17, 15) is 4.79 Å². The quantitative estimate of drug-likeness (QED) is 0.416. The molecule has 1 atom stereocenters. The Morgan fingerprint density at radius 3 is 3.00 bits per heavy atom. The lowest BCUT2D eigenvalue weighted by molar-refractivity contribution is -0.124. The maximum absolute atomic E-state index is 10.5. The van der Waals surface area contributed by atoms with Crippen molar-refractivity contribution >= 4 is 5.91 Å². The van der Waals surface area contributed by atoms with Gasteiger partial charge in [-0.1, -0.05) is 0 Å². The Labute approximate surface area is 53.2 Å². The zero-order chi connectivity index (χ0) is 6.69. The predicted octanol–water partition coefficient (Wildman–Crippen LogP) is -1.24. The van der Waals surface area contributed by atoms with E-state index in [4.69, 9.17) is 5.11 Å². The molecule has 4 heteroatoms. The second-order valence-corrected chi connectivity index (χ2v) is 2.11. The van der Waals surface area contributed by atoms with Crippen molar-refractivity contribution in [1.82, 2.24) is 10.9 Å². The molecule has 1 heterocycles. The summed E-state index contributed by atoms with van der Waals surface area (Å²) in [5.41, 5.74) is 5.10. The van der Waals surface area contributed by atoms with Crippen molar-refractivity contribution in [3.63, 3.8) is 0 Å². The van der Waals surface area contributed by atoms with Crippen LogP contribution in [0.1, 0.15) is 12.8 Å². The molecule has 1 amide bonds. The monoisotopic (exact) mass is 130 g/mol. The van der Waals surface area contributed by atoms with Gasteiger partial charge in [-0.15, -0.1) is 0 Å². The van der Waals surface area contributed by atoms with Crippen LogP contribution in [0.3, 0.4) is 0 Å². The van der Waals surface area contributed by atoms with Gasteiger partial charge >= 0.3 is 0 Å².